The zero-order valence-corrected chi connectivity index (χ0v) is 29.4. The molecule has 0 bridgehead atoms. The Labute approximate surface area is 289 Å². The van der Waals surface area contributed by atoms with Gasteiger partial charge < -0.3 is 65.1 Å². The predicted octanol–water partition coefficient (Wildman–Crippen LogP) is -2.21. The highest BCUT2D eigenvalue weighted by molar-refractivity contribution is 8.17. The van der Waals surface area contributed by atoms with Crippen LogP contribution in [0.15, 0.2) is 25.3 Å². The number of imidazole rings is 2. The van der Waals surface area contributed by atoms with E-state index in [1.807, 2.05) is 0 Å². The van der Waals surface area contributed by atoms with Gasteiger partial charge in [0.05, 0.1) is 25.9 Å². The fraction of sp³-hybridized carbons (Fsp3) is 0.500. The lowest BCUT2D eigenvalue weighted by Gasteiger charge is -2.26. The number of nitrogens with two attached hydrogens (primary N) is 2. The SMILES string of the molecule is Nc1ncnc2c1ncn2[C@@H]1O[C@H](COP(O)(=S)OP(O)(=S)OP(O)(=S)OC[C@H]2O[C@@H](n3cnc4c(N)ncnc43)[C@H](O)[C@@H]2O)[C@@H](O)[C@H]1O. The molecule has 11 N–H and O–H groups in total. The van der Waals surface area contributed by atoms with Gasteiger partial charge in [0.2, 0.25) is 0 Å². The first-order chi connectivity index (χ1) is 23.0. The normalized spacial score (nSPS) is 31.2. The van der Waals surface area contributed by atoms with Crippen LogP contribution in [0.25, 0.3) is 22.3 Å². The van der Waals surface area contributed by atoms with Crippen LogP contribution >= 0.6 is 20.2 Å². The Balaban J connectivity index is 1.03. The number of hydrogen-bond acceptors (Lipinski definition) is 21. The maximum atomic E-state index is 10.6. The molecule has 6 heterocycles. The second-order valence-electron chi connectivity index (χ2n) is 10.4. The first-order valence-electron chi connectivity index (χ1n) is 13.6. The number of nitrogens with zero attached hydrogens (tertiary/aromatic N) is 8. The third-order valence-electron chi connectivity index (χ3n) is 7.21. The Bertz CT molecular complexity index is 1880. The lowest BCUT2D eigenvalue weighted by molar-refractivity contribution is -0.0489. The Kier molecular flexibility index (Phi) is 10.5. The molecule has 268 valence electrons. The molecule has 29 heteroatoms. The average Bonchev–Trinajstić information content (AvgIpc) is 3.77. The molecule has 0 saturated carbocycles. The summed E-state index contributed by atoms with van der Waals surface area (Å²) in [6.45, 7) is -15.0. The number of hydrogen-bond donors (Lipinski definition) is 9. The van der Waals surface area contributed by atoms with Gasteiger partial charge in [-0.15, -0.1) is 0 Å². The molecule has 2 aliphatic rings. The summed E-state index contributed by atoms with van der Waals surface area (Å²) in [5, 5.41) is 42.3. The summed E-state index contributed by atoms with van der Waals surface area (Å²) < 4.78 is 34.2. The van der Waals surface area contributed by atoms with Crippen molar-refractivity contribution in [2.24, 2.45) is 0 Å². The van der Waals surface area contributed by atoms with E-state index in [1.165, 1.54) is 34.4 Å². The molecule has 0 spiro atoms. The van der Waals surface area contributed by atoms with Crippen LogP contribution in [0.3, 0.4) is 0 Å². The predicted molar refractivity (Wildman–Crippen MR) is 175 cm³/mol. The second kappa shape index (κ2) is 13.9. The molecule has 2 fully saturated rings. The summed E-state index contributed by atoms with van der Waals surface area (Å²) in [5.41, 5.74) is 12.5. The number of aromatic nitrogens is 8. The van der Waals surface area contributed by atoms with Crippen LogP contribution < -0.4 is 11.5 Å². The largest absolute Gasteiger partial charge is 0.387 e. The fourth-order valence-corrected chi connectivity index (χ4v) is 12.9. The molecule has 23 nitrogen and oxygen atoms in total. The third-order valence-corrected chi connectivity index (χ3v) is 14.5. The Hall–Kier alpha value is -1.87. The first-order valence-corrected chi connectivity index (χ1v) is 21.3. The van der Waals surface area contributed by atoms with Gasteiger partial charge in [0, 0.05) is 0 Å². The minimum atomic E-state index is -4.69. The van der Waals surface area contributed by atoms with Gasteiger partial charge in [-0.3, -0.25) is 9.13 Å². The Morgan fingerprint density at radius 1 is 0.633 bits per heavy atom. The van der Waals surface area contributed by atoms with Crippen LogP contribution in [0, 0.1) is 0 Å². The second-order valence-corrected chi connectivity index (χ2v) is 19.2. The van der Waals surface area contributed by atoms with Crippen molar-refractivity contribution >= 4 is 89.5 Å². The topological polar surface area (TPSA) is 336 Å². The van der Waals surface area contributed by atoms with Gasteiger partial charge in [0.25, 0.3) is 0 Å². The Morgan fingerprint density at radius 2 is 1.02 bits per heavy atom. The quantitative estimate of drug-likeness (QED) is 0.0685. The van der Waals surface area contributed by atoms with Crippen molar-refractivity contribution in [2.75, 3.05) is 24.7 Å². The van der Waals surface area contributed by atoms with Crippen molar-refractivity contribution in [3.05, 3.63) is 25.3 Å². The lowest BCUT2D eigenvalue weighted by atomic mass is 10.1. The van der Waals surface area contributed by atoms with Gasteiger partial charge >= 0.3 is 20.2 Å². The monoisotopic (exact) mass is 804 g/mol. The minimum absolute atomic E-state index is 0.0779. The molecule has 2 unspecified atom stereocenters. The van der Waals surface area contributed by atoms with Crippen molar-refractivity contribution < 1.29 is 62.2 Å². The molecule has 6 rings (SSSR count). The highest BCUT2D eigenvalue weighted by Crippen LogP contribution is 2.68. The van der Waals surface area contributed by atoms with Crippen molar-refractivity contribution in [1.29, 1.82) is 0 Å². The summed E-state index contributed by atoms with van der Waals surface area (Å²) in [6.07, 6.45) is -6.28. The maximum Gasteiger partial charge on any atom is 0.339 e. The van der Waals surface area contributed by atoms with E-state index in [0.717, 1.165) is 0 Å². The van der Waals surface area contributed by atoms with Gasteiger partial charge in [-0.2, -0.15) is 0 Å². The summed E-state index contributed by atoms with van der Waals surface area (Å²) >= 11 is 14.6. The van der Waals surface area contributed by atoms with E-state index in [4.69, 9.17) is 74.0 Å². The maximum absolute atomic E-state index is 10.6. The van der Waals surface area contributed by atoms with E-state index >= 15 is 0 Å². The van der Waals surface area contributed by atoms with Crippen molar-refractivity contribution in [3.63, 3.8) is 0 Å². The van der Waals surface area contributed by atoms with E-state index in [9.17, 15) is 35.1 Å². The molecule has 4 aromatic heterocycles. The standard InChI is InChI=1S/C20H27N10O13P3S3/c21-15-9-17(25-3-23-15)29(5-27-9)19-13(33)11(31)7(40-19)1-38-44(35,47)42-46(37,49)43-45(36,48)39-2-8-12(32)14(34)20(41-8)30-6-28-10-16(22)24-4-26-18(10)30/h3-8,11-14,19-20,31-34H,1-2H2,(H,35,47)(H,36,48)(H,37,49)(H2,21,23,25)(H2,22,24,26)/t7-,8-,11-,12-,13-,14-,19-,20-,44?,45?,46?/m1/s1. The minimum Gasteiger partial charge on any atom is -0.387 e. The molecule has 0 aromatic carbocycles. The molecule has 0 aliphatic carbocycles. The molecule has 10 atom stereocenters. The van der Waals surface area contributed by atoms with Gasteiger partial charge in [0.1, 0.15) is 60.3 Å². The molecule has 0 radical (unpaired) electrons. The molecule has 2 aliphatic heterocycles. The van der Waals surface area contributed by atoms with Gasteiger partial charge in [-0.05, 0) is 35.4 Å². The molecule has 4 aromatic rings. The van der Waals surface area contributed by atoms with Crippen LogP contribution in [0.4, 0.5) is 11.6 Å². The highest BCUT2D eigenvalue weighted by atomic mass is 32.5. The van der Waals surface area contributed by atoms with Crippen LogP contribution in [0.5, 0.6) is 0 Å². The van der Waals surface area contributed by atoms with Crippen molar-refractivity contribution in [3.8, 4) is 0 Å². The average molecular weight is 805 g/mol. The summed E-state index contributed by atoms with van der Waals surface area (Å²) in [5.74, 6) is 0.156. The molecule has 2 saturated heterocycles. The number of nitrogen functional groups attached to an aromatic ring is 2. The lowest BCUT2D eigenvalue weighted by Crippen LogP contribution is -2.33. The Morgan fingerprint density at radius 3 is 1.41 bits per heavy atom. The van der Waals surface area contributed by atoms with Crippen molar-refractivity contribution in [1.82, 2.24) is 39.0 Å². The smallest absolute Gasteiger partial charge is 0.339 e. The van der Waals surface area contributed by atoms with E-state index in [1.54, 1.807) is 0 Å². The number of rotatable bonds is 12. The summed E-state index contributed by atoms with van der Waals surface area (Å²) in [6, 6.07) is 0. The molecule has 0 amide bonds. The number of ether oxygens (including phenoxy) is 2. The van der Waals surface area contributed by atoms with Crippen LogP contribution in [-0.4, -0.2) is 124 Å². The first kappa shape index (κ1) is 36.9. The molecular formula is C20H27N10O13P3S3. The van der Waals surface area contributed by atoms with Gasteiger partial charge in [-0.1, -0.05) is 0 Å². The van der Waals surface area contributed by atoms with Crippen LogP contribution in [0.1, 0.15) is 12.5 Å². The highest BCUT2D eigenvalue weighted by Gasteiger charge is 2.47. The summed E-state index contributed by atoms with van der Waals surface area (Å²) in [7, 11) is 0. The van der Waals surface area contributed by atoms with Gasteiger partial charge in [0.15, 0.2) is 35.4 Å². The van der Waals surface area contributed by atoms with E-state index < -0.39 is 82.4 Å². The van der Waals surface area contributed by atoms with Crippen molar-refractivity contribution in [2.45, 2.75) is 49.1 Å². The van der Waals surface area contributed by atoms with E-state index in [0.29, 0.717) is 0 Å². The number of aliphatic hydroxyl groups is 4. The van der Waals surface area contributed by atoms with E-state index in [-0.39, 0.29) is 34.0 Å². The number of fused-ring (bicyclic) bond motifs is 2. The summed E-state index contributed by atoms with van der Waals surface area (Å²) in [4.78, 5) is 55.6. The van der Waals surface area contributed by atoms with Crippen LogP contribution in [0.2, 0.25) is 0 Å². The molecular weight excluding hydrogens is 777 g/mol. The zero-order valence-electron chi connectivity index (χ0n) is 24.2. The number of anilines is 2. The number of aliphatic hydroxyl groups excluding tert-OH is 4. The van der Waals surface area contributed by atoms with E-state index in [2.05, 4.69) is 29.9 Å². The molecule has 49 heavy (non-hydrogen) atoms. The van der Waals surface area contributed by atoms with Gasteiger partial charge in [-0.25, -0.2) is 38.5 Å². The zero-order chi connectivity index (χ0) is 35.5. The fourth-order valence-electron chi connectivity index (χ4n) is 4.96. The third kappa shape index (κ3) is 7.68. The van der Waals surface area contributed by atoms with Crippen LogP contribution in [-0.2, 0) is 62.6 Å².